The number of pyridine rings is 2. The second-order valence-corrected chi connectivity index (χ2v) is 9.92. The minimum atomic E-state index is -0.820. The number of benzene rings is 2. The first kappa shape index (κ1) is 23.3. The minimum Gasteiger partial charge on any atom is -0.389 e. The maximum atomic E-state index is 13.0. The molecule has 1 saturated heterocycles. The highest BCUT2D eigenvalue weighted by Gasteiger charge is 2.34. The molecule has 5 rings (SSSR count). The van der Waals surface area contributed by atoms with Crippen LogP contribution in [-0.2, 0) is 6.42 Å². The molecule has 1 fully saturated rings. The normalized spacial score (nSPS) is 15.2. The van der Waals surface area contributed by atoms with E-state index < -0.39 is 5.60 Å². The molecule has 6 nitrogen and oxygen atoms in total. The lowest BCUT2D eigenvalue weighted by atomic mass is 9.86. The molecule has 1 amide bonds. The van der Waals surface area contributed by atoms with Crippen LogP contribution in [0.3, 0.4) is 0 Å². The highest BCUT2D eigenvalue weighted by atomic mass is 32.2. The maximum absolute atomic E-state index is 13.0. The molecule has 0 saturated carbocycles. The number of likely N-dealkylation sites (tertiary alicyclic amines) is 1. The van der Waals surface area contributed by atoms with Crippen LogP contribution < -0.4 is 4.72 Å². The van der Waals surface area contributed by atoms with Crippen molar-refractivity contribution in [3.05, 3.63) is 95.9 Å². The molecule has 0 unspecified atom stereocenters. The zero-order valence-corrected chi connectivity index (χ0v) is 20.5. The number of hydrogen-bond acceptors (Lipinski definition) is 6. The summed E-state index contributed by atoms with van der Waals surface area (Å²) >= 11 is 1.51. The number of carbonyl (C=O) groups is 1. The fourth-order valence-electron chi connectivity index (χ4n) is 4.47. The first-order valence-electron chi connectivity index (χ1n) is 11.8. The molecule has 2 N–H and O–H groups in total. The molecule has 0 spiro atoms. The summed E-state index contributed by atoms with van der Waals surface area (Å²) in [6.07, 6.45) is 3.40. The van der Waals surface area contributed by atoms with E-state index in [1.54, 1.807) is 6.20 Å². The summed E-state index contributed by atoms with van der Waals surface area (Å²) < 4.78 is 3.35. The van der Waals surface area contributed by atoms with Gasteiger partial charge in [0, 0.05) is 53.7 Å². The van der Waals surface area contributed by atoms with Gasteiger partial charge in [0.2, 0.25) is 0 Å². The topological polar surface area (TPSA) is 78.4 Å². The molecule has 3 heterocycles. The second-order valence-electron chi connectivity index (χ2n) is 9.08. The quantitative estimate of drug-likeness (QED) is 0.363. The van der Waals surface area contributed by atoms with Gasteiger partial charge in [0.15, 0.2) is 0 Å². The van der Waals surface area contributed by atoms with Gasteiger partial charge < -0.3 is 14.7 Å². The molecular formula is C28H28N4O2S. The number of aliphatic hydroxyl groups is 1. The number of aromatic nitrogens is 2. The highest BCUT2D eigenvalue weighted by molar-refractivity contribution is 8.00. The lowest BCUT2D eigenvalue weighted by Crippen LogP contribution is -2.47. The summed E-state index contributed by atoms with van der Waals surface area (Å²) in [5.41, 5.74) is 3.55. The van der Waals surface area contributed by atoms with Crippen LogP contribution in [-0.4, -0.2) is 44.6 Å². The number of nitrogens with one attached hydrogen (secondary N) is 1. The molecule has 2 aromatic heterocycles. The van der Waals surface area contributed by atoms with E-state index in [-0.39, 0.29) is 5.91 Å². The molecule has 0 radical (unpaired) electrons. The second kappa shape index (κ2) is 10.1. The molecule has 1 aliphatic heterocycles. The standard InChI is InChI=1S/C28H28N4O2S/c1-20-5-2-8-24(30-20)19-28(34)14-17-32(18-15-28)27(33)22-10-12-23(13-11-22)31-35-25-9-3-6-21-7-4-16-29-26(21)25/h2-13,16,31,34H,14-15,17-19H2,1H3. The largest absolute Gasteiger partial charge is 0.389 e. The van der Waals surface area contributed by atoms with Crippen LogP contribution in [0.15, 0.2) is 83.9 Å². The number of nitrogens with zero attached hydrogens (tertiary/aromatic N) is 3. The number of anilines is 1. The van der Waals surface area contributed by atoms with Gasteiger partial charge in [0.25, 0.3) is 5.91 Å². The third-order valence-corrected chi connectivity index (χ3v) is 7.33. The average Bonchev–Trinajstić information content (AvgIpc) is 2.87. The van der Waals surface area contributed by atoms with Crippen molar-refractivity contribution in [2.24, 2.45) is 0 Å². The van der Waals surface area contributed by atoms with Gasteiger partial charge in [0.1, 0.15) is 0 Å². The maximum Gasteiger partial charge on any atom is 0.253 e. The first-order valence-corrected chi connectivity index (χ1v) is 12.6. The molecule has 4 aromatic rings. The smallest absolute Gasteiger partial charge is 0.253 e. The molecule has 2 aromatic carbocycles. The number of amides is 1. The number of rotatable bonds is 6. The highest BCUT2D eigenvalue weighted by Crippen LogP contribution is 2.29. The Morgan fingerprint density at radius 1 is 1.03 bits per heavy atom. The predicted molar refractivity (Wildman–Crippen MR) is 140 cm³/mol. The van der Waals surface area contributed by atoms with E-state index in [0.29, 0.717) is 37.9 Å². The number of hydrogen-bond donors (Lipinski definition) is 2. The number of fused-ring (bicyclic) bond motifs is 1. The third kappa shape index (κ3) is 5.47. The fraction of sp³-hybridized carbons (Fsp3) is 0.250. The first-order chi connectivity index (χ1) is 17.0. The summed E-state index contributed by atoms with van der Waals surface area (Å²) in [6, 6.07) is 23.5. The number of para-hydroxylation sites is 1. The van der Waals surface area contributed by atoms with Gasteiger partial charge in [-0.15, -0.1) is 0 Å². The Morgan fingerprint density at radius 3 is 2.54 bits per heavy atom. The predicted octanol–water partition coefficient (Wildman–Crippen LogP) is 5.27. The number of aryl methyl sites for hydroxylation is 1. The Hall–Kier alpha value is -3.42. The number of piperidine rings is 1. The lowest BCUT2D eigenvalue weighted by Gasteiger charge is -2.38. The Morgan fingerprint density at radius 2 is 1.77 bits per heavy atom. The molecule has 7 heteroatoms. The van der Waals surface area contributed by atoms with E-state index >= 15 is 0 Å². The van der Waals surface area contributed by atoms with Crippen LogP contribution in [0, 0.1) is 6.92 Å². The molecule has 178 valence electrons. The molecule has 0 aliphatic carbocycles. The van der Waals surface area contributed by atoms with Gasteiger partial charge in [-0.2, -0.15) is 0 Å². The average molecular weight is 485 g/mol. The van der Waals surface area contributed by atoms with E-state index in [0.717, 1.165) is 32.9 Å². The van der Waals surface area contributed by atoms with Gasteiger partial charge in [-0.25, -0.2) is 0 Å². The third-order valence-electron chi connectivity index (χ3n) is 6.44. The monoisotopic (exact) mass is 484 g/mol. The molecule has 0 bridgehead atoms. The SMILES string of the molecule is Cc1cccc(CC2(O)CCN(C(=O)c3ccc(NSc4cccc5cccnc45)cc3)CC2)n1. The van der Waals surface area contributed by atoms with Crippen LogP contribution >= 0.6 is 11.9 Å². The van der Waals surface area contributed by atoms with Crippen LogP contribution in [0.4, 0.5) is 5.69 Å². The molecular weight excluding hydrogens is 456 g/mol. The van der Waals surface area contributed by atoms with Gasteiger partial charge in [-0.3, -0.25) is 14.8 Å². The fourth-order valence-corrected chi connectivity index (χ4v) is 5.25. The van der Waals surface area contributed by atoms with Gasteiger partial charge in [0.05, 0.1) is 16.0 Å². The molecule has 35 heavy (non-hydrogen) atoms. The van der Waals surface area contributed by atoms with Crippen molar-refractivity contribution in [3.63, 3.8) is 0 Å². The summed E-state index contributed by atoms with van der Waals surface area (Å²) in [5.74, 6) is -0.00168. The summed E-state index contributed by atoms with van der Waals surface area (Å²) in [7, 11) is 0. The van der Waals surface area contributed by atoms with Crippen molar-refractivity contribution in [2.75, 3.05) is 17.8 Å². The Labute approximate surface area is 209 Å². The van der Waals surface area contributed by atoms with Gasteiger partial charge in [-0.05, 0) is 80.2 Å². The van der Waals surface area contributed by atoms with Crippen molar-refractivity contribution in [1.29, 1.82) is 0 Å². The van der Waals surface area contributed by atoms with Crippen LogP contribution in [0.25, 0.3) is 10.9 Å². The Bertz CT molecular complexity index is 1330. The Balaban J connectivity index is 1.17. The van der Waals surface area contributed by atoms with Crippen LogP contribution in [0.2, 0.25) is 0 Å². The van der Waals surface area contributed by atoms with Crippen LogP contribution in [0.1, 0.15) is 34.6 Å². The van der Waals surface area contributed by atoms with Crippen molar-refractivity contribution >= 4 is 34.4 Å². The summed E-state index contributed by atoms with van der Waals surface area (Å²) in [5, 5.41) is 12.1. The molecule has 0 atom stereocenters. The van der Waals surface area contributed by atoms with E-state index in [1.165, 1.54) is 11.9 Å². The van der Waals surface area contributed by atoms with Crippen molar-refractivity contribution in [3.8, 4) is 0 Å². The minimum absolute atomic E-state index is 0.00168. The molecule has 1 aliphatic rings. The van der Waals surface area contributed by atoms with Crippen molar-refractivity contribution < 1.29 is 9.90 Å². The van der Waals surface area contributed by atoms with Crippen molar-refractivity contribution in [2.45, 2.75) is 36.7 Å². The Kier molecular flexibility index (Phi) is 6.70. The lowest BCUT2D eigenvalue weighted by molar-refractivity contribution is -0.0168. The van der Waals surface area contributed by atoms with Gasteiger partial charge in [-0.1, -0.05) is 24.3 Å². The number of carbonyl (C=O) groups excluding carboxylic acids is 1. The van der Waals surface area contributed by atoms with Crippen LogP contribution in [0.5, 0.6) is 0 Å². The van der Waals surface area contributed by atoms with E-state index in [9.17, 15) is 9.90 Å². The van der Waals surface area contributed by atoms with E-state index in [2.05, 4.69) is 14.7 Å². The summed E-state index contributed by atoms with van der Waals surface area (Å²) in [4.78, 5) is 24.9. The summed E-state index contributed by atoms with van der Waals surface area (Å²) in [6.45, 7) is 3.02. The zero-order chi connectivity index (χ0) is 24.3. The zero-order valence-electron chi connectivity index (χ0n) is 19.6. The van der Waals surface area contributed by atoms with E-state index in [1.807, 2.05) is 84.6 Å². The van der Waals surface area contributed by atoms with Crippen molar-refractivity contribution in [1.82, 2.24) is 14.9 Å². The van der Waals surface area contributed by atoms with E-state index in [4.69, 9.17) is 0 Å². The van der Waals surface area contributed by atoms with Gasteiger partial charge >= 0.3 is 0 Å².